The molecule has 1 N–H and O–H groups in total. The maximum Gasteiger partial charge on any atom is 0.271 e. The van der Waals surface area contributed by atoms with Crippen molar-refractivity contribution < 1.29 is 14.1 Å². The van der Waals surface area contributed by atoms with E-state index in [1.165, 1.54) is 12.1 Å². The van der Waals surface area contributed by atoms with Crippen molar-refractivity contribution in [1.82, 2.24) is 10.2 Å². The summed E-state index contributed by atoms with van der Waals surface area (Å²) >= 11 is 0. The molecule has 0 radical (unpaired) electrons. The maximum atomic E-state index is 12.6. The third-order valence-electron chi connectivity index (χ3n) is 4.76. The number of carbonyl (C=O) groups is 1. The van der Waals surface area contributed by atoms with E-state index in [0.29, 0.717) is 28.6 Å². The van der Waals surface area contributed by atoms with Gasteiger partial charge in [-0.2, -0.15) is 0 Å². The molecule has 1 aromatic heterocycles. The summed E-state index contributed by atoms with van der Waals surface area (Å²) in [6.07, 6.45) is 0. The van der Waals surface area contributed by atoms with Crippen molar-refractivity contribution in [2.75, 3.05) is 5.32 Å². The predicted molar refractivity (Wildman–Crippen MR) is 116 cm³/mol. The van der Waals surface area contributed by atoms with Crippen LogP contribution in [0.15, 0.2) is 71.1 Å². The normalized spacial score (nSPS) is 10.6. The van der Waals surface area contributed by atoms with E-state index in [-0.39, 0.29) is 11.6 Å². The first kappa shape index (κ1) is 20.0. The number of nitro groups is 1. The number of rotatable bonds is 5. The highest BCUT2D eigenvalue weighted by Gasteiger charge is 2.14. The van der Waals surface area contributed by atoms with E-state index in [9.17, 15) is 14.9 Å². The Balaban J connectivity index is 1.52. The SMILES string of the molecule is Cc1cccc(-c2nnc(-c3ccc(C(=O)Nc4cc([N+](=O)[O-])ccc4C)cc3)o2)c1. The second kappa shape index (κ2) is 8.19. The zero-order valence-corrected chi connectivity index (χ0v) is 16.8. The monoisotopic (exact) mass is 414 g/mol. The van der Waals surface area contributed by atoms with Crippen LogP contribution in [0.4, 0.5) is 11.4 Å². The lowest BCUT2D eigenvalue weighted by atomic mass is 10.1. The lowest BCUT2D eigenvalue weighted by Gasteiger charge is -2.08. The molecule has 0 bridgehead atoms. The number of amides is 1. The van der Waals surface area contributed by atoms with Gasteiger partial charge < -0.3 is 9.73 Å². The van der Waals surface area contributed by atoms with Crippen molar-refractivity contribution in [3.63, 3.8) is 0 Å². The Morgan fingerprint density at radius 2 is 1.65 bits per heavy atom. The van der Waals surface area contributed by atoms with Gasteiger partial charge in [-0.1, -0.05) is 23.8 Å². The number of nitrogens with one attached hydrogen (secondary N) is 1. The molecule has 0 saturated heterocycles. The minimum absolute atomic E-state index is 0.0861. The van der Waals surface area contributed by atoms with Crippen molar-refractivity contribution in [3.05, 3.63) is 93.5 Å². The van der Waals surface area contributed by atoms with Gasteiger partial charge in [-0.25, -0.2) is 0 Å². The number of aromatic nitrogens is 2. The fourth-order valence-electron chi connectivity index (χ4n) is 3.05. The lowest BCUT2D eigenvalue weighted by molar-refractivity contribution is -0.384. The second-order valence-corrected chi connectivity index (χ2v) is 7.07. The summed E-state index contributed by atoms with van der Waals surface area (Å²) in [5.74, 6) is 0.390. The molecule has 1 heterocycles. The van der Waals surface area contributed by atoms with Gasteiger partial charge in [0, 0.05) is 28.8 Å². The largest absolute Gasteiger partial charge is 0.416 e. The topological polar surface area (TPSA) is 111 Å². The predicted octanol–water partition coefficient (Wildman–Crippen LogP) is 5.18. The van der Waals surface area contributed by atoms with Gasteiger partial charge in [-0.05, 0) is 55.8 Å². The summed E-state index contributed by atoms with van der Waals surface area (Å²) in [5, 5.41) is 21.9. The van der Waals surface area contributed by atoms with Crippen LogP contribution in [0.2, 0.25) is 0 Å². The van der Waals surface area contributed by atoms with Gasteiger partial charge in [0.05, 0.1) is 10.6 Å². The summed E-state index contributed by atoms with van der Waals surface area (Å²) < 4.78 is 5.77. The number of benzene rings is 3. The van der Waals surface area contributed by atoms with E-state index in [0.717, 1.165) is 16.7 Å². The van der Waals surface area contributed by atoms with Crippen molar-refractivity contribution in [2.45, 2.75) is 13.8 Å². The maximum absolute atomic E-state index is 12.6. The Morgan fingerprint density at radius 1 is 0.935 bits per heavy atom. The number of nitro benzene ring substituents is 1. The molecule has 1 amide bonds. The van der Waals surface area contributed by atoms with E-state index >= 15 is 0 Å². The highest BCUT2D eigenvalue weighted by atomic mass is 16.6. The number of non-ortho nitro benzene ring substituents is 1. The number of hydrogen-bond acceptors (Lipinski definition) is 6. The van der Waals surface area contributed by atoms with E-state index in [2.05, 4.69) is 15.5 Å². The molecule has 3 aromatic carbocycles. The molecule has 0 saturated carbocycles. The van der Waals surface area contributed by atoms with E-state index in [1.54, 1.807) is 37.3 Å². The molecule has 8 nitrogen and oxygen atoms in total. The summed E-state index contributed by atoms with van der Waals surface area (Å²) in [7, 11) is 0. The van der Waals surface area contributed by atoms with Gasteiger partial charge in [0.15, 0.2) is 0 Å². The highest BCUT2D eigenvalue weighted by Crippen LogP contribution is 2.26. The van der Waals surface area contributed by atoms with Gasteiger partial charge in [-0.15, -0.1) is 10.2 Å². The third-order valence-corrected chi connectivity index (χ3v) is 4.76. The zero-order chi connectivity index (χ0) is 22.0. The summed E-state index contributed by atoms with van der Waals surface area (Å²) in [6, 6.07) is 18.8. The fourth-order valence-corrected chi connectivity index (χ4v) is 3.05. The number of carbonyl (C=O) groups excluding carboxylic acids is 1. The Morgan fingerprint density at radius 3 is 2.32 bits per heavy atom. The second-order valence-electron chi connectivity index (χ2n) is 7.07. The minimum Gasteiger partial charge on any atom is -0.416 e. The molecule has 31 heavy (non-hydrogen) atoms. The van der Waals surface area contributed by atoms with Crippen LogP contribution in [0.3, 0.4) is 0 Å². The van der Waals surface area contributed by atoms with Crippen LogP contribution in [0.1, 0.15) is 21.5 Å². The average Bonchev–Trinajstić information content (AvgIpc) is 3.25. The van der Waals surface area contributed by atoms with Crippen LogP contribution in [0.25, 0.3) is 22.9 Å². The van der Waals surface area contributed by atoms with E-state index < -0.39 is 4.92 Å². The van der Waals surface area contributed by atoms with Crippen LogP contribution < -0.4 is 5.32 Å². The Hall–Kier alpha value is -4.33. The molecule has 4 rings (SSSR count). The highest BCUT2D eigenvalue weighted by molar-refractivity contribution is 6.05. The molecule has 0 spiro atoms. The van der Waals surface area contributed by atoms with Gasteiger partial charge >= 0.3 is 0 Å². The molecule has 4 aromatic rings. The first-order valence-electron chi connectivity index (χ1n) is 9.48. The minimum atomic E-state index is -0.501. The molecule has 0 atom stereocenters. The fraction of sp³-hybridized carbons (Fsp3) is 0.0870. The molecule has 8 heteroatoms. The molecule has 0 unspecified atom stereocenters. The lowest BCUT2D eigenvalue weighted by Crippen LogP contribution is -2.12. The molecule has 0 fully saturated rings. The van der Waals surface area contributed by atoms with Crippen molar-refractivity contribution in [3.8, 4) is 22.9 Å². The van der Waals surface area contributed by atoms with Crippen molar-refractivity contribution in [2.24, 2.45) is 0 Å². The van der Waals surface area contributed by atoms with Crippen LogP contribution in [0.5, 0.6) is 0 Å². The summed E-state index contributed by atoms with van der Waals surface area (Å²) in [6.45, 7) is 3.75. The van der Waals surface area contributed by atoms with Crippen LogP contribution >= 0.6 is 0 Å². The summed E-state index contributed by atoms with van der Waals surface area (Å²) in [5.41, 5.74) is 4.03. The zero-order valence-electron chi connectivity index (χ0n) is 16.8. The van der Waals surface area contributed by atoms with Crippen LogP contribution in [0, 0.1) is 24.0 Å². The van der Waals surface area contributed by atoms with Gasteiger partial charge in [0.2, 0.25) is 11.8 Å². The van der Waals surface area contributed by atoms with Crippen LogP contribution in [-0.2, 0) is 0 Å². The van der Waals surface area contributed by atoms with Crippen molar-refractivity contribution in [1.29, 1.82) is 0 Å². The van der Waals surface area contributed by atoms with Gasteiger partial charge in [0.1, 0.15) is 0 Å². The van der Waals surface area contributed by atoms with Crippen LogP contribution in [-0.4, -0.2) is 21.0 Å². The van der Waals surface area contributed by atoms with E-state index in [1.807, 2.05) is 31.2 Å². The molecule has 0 aliphatic rings. The Bertz CT molecular complexity index is 1280. The third kappa shape index (κ3) is 4.32. The number of aryl methyl sites for hydroxylation is 2. The molecular formula is C23H18N4O4. The quantitative estimate of drug-likeness (QED) is 0.356. The number of nitrogens with zero attached hydrogens (tertiary/aromatic N) is 3. The Kier molecular flexibility index (Phi) is 5.28. The van der Waals surface area contributed by atoms with Gasteiger partial charge in [0.25, 0.3) is 11.6 Å². The first-order chi connectivity index (χ1) is 14.9. The molecule has 0 aliphatic carbocycles. The first-order valence-corrected chi connectivity index (χ1v) is 9.48. The van der Waals surface area contributed by atoms with E-state index in [4.69, 9.17) is 4.42 Å². The molecule has 0 aliphatic heterocycles. The van der Waals surface area contributed by atoms with Gasteiger partial charge in [-0.3, -0.25) is 14.9 Å². The Labute approximate surface area is 177 Å². The standard InChI is InChI=1S/C23H18N4O4/c1-14-4-3-5-18(12-14)23-26-25-22(31-23)17-9-7-16(8-10-17)21(28)24-20-13-19(27(29)30)11-6-15(20)2/h3-13H,1-2H3,(H,24,28). The molecular weight excluding hydrogens is 396 g/mol. The summed E-state index contributed by atoms with van der Waals surface area (Å²) in [4.78, 5) is 23.1. The number of hydrogen-bond donors (Lipinski definition) is 1. The van der Waals surface area contributed by atoms with Crippen molar-refractivity contribution >= 4 is 17.3 Å². The number of anilines is 1. The molecule has 154 valence electrons. The average molecular weight is 414 g/mol. The smallest absolute Gasteiger partial charge is 0.271 e.